The number of aromatic nitrogens is 1. The van der Waals surface area contributed by atoms with Gasteiger partial charge in [-0.15, -0.1) is 11.3 Å². The Morgan fingerprint density at radius 1 is 1.15 bits per heavy atom. The van der Waals surface area contributed by atoms with Gasteiger partial charge >= 0.3 is 0 Å². The second-order valence-corrected chi connectivity index (χ2v) is 7.11. The van der Waals surface area contributed by atoms with Crippen LogP contribution in [0.1, 0.15) is 17.3 Å². The summed E-state index contributed by atoms with van der Waals surface area (Å²) in [7, 11) is 0. The zero-order chi connectivity index (χ0) is 19.6. The molecule has 0 aliphatic carbocycles. The van der Waals surface area contributed by atoms with Gasteiger partial charge in [-0.2, -0.15) is 0 Å². The molecule has 5 nitrogen and oxygen atoms in total. The number of amides is 2. The summed E-state index contributed by atoms with van der Waals surface area (Å²) in [4.78, 5) is 27.6. The number of carbonyl (C=O) groups is 2. The molecule has 9 heteroatoms. The predicted molar refractivity (Wildman–Crippen MR) is 106 cm³/mol. The second-order valence-electron chi connectivity index (χ2n) is 5.47. The molecular formula is C18H12Cl2FN3O2S. The normalized spacial score (nSPS) is 10.5. The first-order valence-corrected chi connectivity index (χ1v) is 9.27. The summed E-state index contributed by atoms with van der Waals surface area (Å²) >= 11 is 13.1. The molecule has 0 saturated carbocycles. The van der Waals surface area contributed by atoms with E-state index in [-0.39, 0.29) is 32.2 Å². The Hall–Kier alpha value is -2.48. The van der Waals surface area contributed by atoms with Gasteiger partial charge in [0.05, 0.1) is 21.3 Å². The van der Waals surface area contributed by atoms with Crippen molar-refractivity contribution < 1.29 is 14.0 Å². The molecule has 1 aromatic heterocycles. The summed E-state index contributed by atoms with van der Waals surface area (Å²) in [5, 5.41) is 7.45. The predicted octanol–water partition coefficient (Wildman–Crippen LogP) is 5.47. The molecule has 2 N–H and O–H groups in total. The molecule has 0 bridgehead atoms. The first-order valence-electron chi connectivity index (χ1n) is 7.63. The van der Waals surface area contributed by atoms with E-state index < -0.39 is 11.7 Å². The van der Waals surface area contributed by atoms with Crippen LogP contribution in [0.3, 0.4) is 0 Å². The average molecular weight is 424 g/mol. The van der Waals surface area contributed by atoms with Gasteiger partial charge in [0.2, 0.25) is 5.91 Å². The van der Waals surface area contributed by atoms with Crippen LogP contribution in [0.25, 0.3) is 11.3 Å². The highest BCUT2D eigenvalue weighted by Crippen LogP contribution is 2.30. The molecule has 1 heterocycles. The van der Waals surface area contributed by atoms with E-state index in [4.69, 9.17) is 23.2 Å². The molecule has 138 valence electrons. The fourth-order valence-corrected chi connectivity index (χ4v) is 3.39. The van der Waals surface area contributed by atoms with Crippen LogP contribution in [-0.4, -0.2) is 16.8 Å². The summed E-state index contributed by atoms with van der Waals surface area (Å²) in [5.41, 5.74) is 1.18. The highest BCUT2D eigenvalue weighted by molar-refractivity contribution is 7.14. The van der Waals surface area contributed by atoms with E-state index in [2.05, 4.69) is 15.6 Å². The van der Waals surface area contributed by atoms with Crippen molar-refractivity contribution >= 4 is 57.2 Å². The molecule has 0 aliphatic rings. The van der Waals surface area contributed by atoms with Gasteiger partial charge in [0.15, 0.2) is 5.13 Å². The molecule has 0 unspecified atom stereocenters. The largest absolute Gasteiger partial charge is 0.326 e. The highest BCUT2D eigenvalue weighted by Gasteiger charge is 2.16. The Balaban J connectivity index is 1.80. The number of halogens is 3. The Kier molecular flexibility index (Phi) is 5.74. The highest BCUT2D eigenvalue weighted by atomic mass is 35.5. The monoisotopic (exact) mass is 423 g/mol. The standard InChI is InChI=1S/C18H12Cl2FN3O2S/c1-9(25)22-10-5-6-11(14(21)7-10)15-8-27-18(23-15)24-17(26)12-3-2-4-13(19)16(12)20/h2-8H,1H3,(H,22,25)(H,23,24,26). The van der Waals surface area contributed by atoms with Crippen LogP contribution >= 0.6 is 34.5 Å². The van der Waals surface area contributed by atoms with Crippen molar-refractivity contribution in [3.63, 3.8) is 0 Å². The number of thiazole rings is 1. The minimum atomic E-state index is -0.540. The maximum Gasteiger partial charge on any atom is 0.259 e. The molecule has 3 rings (SSSR count). The van der Waals surface area contributed by atoms with E-state index >= 15 is 0 Å². The molecule has 3 aromatic rings. The Morgan fingerprint density at radius 3 is 2.63 bits per heavy atom. The molecule has 0 aliphatic heterocycles. The minimum absolute atomic E-state index is 0.146. The number of anilines is 2. The fourth-order valence-electron chi connectivity index (χ4n) is 2.30. The van der Waals surface area contributed by atoms with E-state index in [1.54, 1.807) is 29.6 Å². The van der Waals surface area contributed by atoms with Gasteiger partial charge < -0.3 is 5.32 Å². The van der Waals surface area contributed by atoms with Gasteiger partial charge in [0.25, 0.3) is 5.91 Å². The van der Waals surface area contributed by atoms with Gasteiger partial charge in [0, 0.05) is 23.6 Å². The molecule has 2 aromatic carbocycles. The molecule has 0 atom stereocenters. The third-order valence-corrected chi connectivity index (χ3v) is 5.06. The zero-order valence-electron chi connectivity index (χ0n) is 13.8. The summed E-state index contributed by atoms with van der Waals surface area (Å²) in [6.07, 6.45) is 0. The summed E-state index contributed by atoms with van der Waals surface area (Å²) in [6.45, 7) is 1.34. The quantitative estimate of drug-likeness (QED) is 0.584. The van der Waals surface area contributed by atoms with Crippen molar-refractivity contribution in [1.82, 2.24) is 4.98 Å². The maximum atomic E-state index is 14.3. The molecular weight excluding hydrogens is 412 g/mol. The van der Waals surface area contributed by atoms with Crippen LogP contribution in [0, 0.1) is 5.82 Å². The first kappa shape index (κ1) is 19.3. The average Bonchev–Trinajstić information content (AvgIpc) is 3.05. The van der Waals surface area contributed by atoms with E-state index in [0.29, 0.717) is 11.4 Å². The maximum absolute atomic E-state index is 14.3. The molecule has 0 radical (unpaired) electrons. The lowest BCUT2D eigenvalue weighted by molar-refractivity contribution is -0.114. The van der Waals surface area contributed by atoms with Gasteiger partial charge in [0.1, 0.15) is 5.82 Å². The summed E-state index contributed by atoms with van der Waals surface area (Å²) in [5.74, 6) is -1.30. The number of carbonyl (C=O) groups excluding carboxylic acids is 2. The molecule has 0 spiro atoms. The third kappa shape index (κ3) is 4.44. The number of rotatable bonds is 4. The SMILES string of the molecule is CC(=O)Nc1ccc(-c2csc(NC(=O)c3cccc(Cl)c3Cl)n2)c(F)c1. The number of benzene rings is 2. The summed E-state index contributed by atoms with van der Waals surface area (Å²) in [6, 6.07) is 9.02. The third-order valence-electron chi connectivity index (χ3n) is 3.49. The van der Waals surface area contributed by atoms with Crippen LogP contribution < -0.4 is 10.6 Å². The van der Waals surface area contributed by atoms with Crippen molar-refractivity contribution in [1.29, 1.82) is 0 Å². The van der Waals surface area contributed by atoms with Crippen molar-refractivity contribution in [3.8, 4) is 11.3 Å². The number of hydrogen-bond acceptors (Lipinski definition) is 4. The lowest BCUT2D eigenvalue weighted by Gasteiger charge is -2.06. The van der Waals surface area contributed by atoms with Crippen LogP contribution in [-0.2, 0) is 4.79 Å². The van der Waals surface area contributed by atoms with E-state index in [0.717, 1.165) is 11.3 Å². The smallest absolute Gasteiger partial charge is 0.259 e. The van der Waals surface area contributed by atoms with Gasteiger partial charge in [-0.1, -0.05) is 29.3 Å². The lowest BCUT2D eigenvalue weighted by Crippen LogP contribution is -2.12. The molecule has 0 saturated heterocycles. The Bertz CT molecular complexity index is 1040. The minimum Gasteiger partial charge on any atom is -0.326 e. The second kappa shape index (κ2) is 8.04. The van der Waals surface area contributed by atoms with Crippen molar-refractivity contribution in [2.75, 3.05) is 10.6 Å². The zero-order valence-corrected chi connectivity index (χ0v) is 16.2. The van der Waals surface area contributed by atoms with Crippen molar-refractivity contribution in [2.45, 2.75) is 6.92 Å². The fraction of sp³-hybridized carbons (Fsp3) is 0.0556. The van der Waals surface area contributed by atoms with Crippen LogP contribution in [0.15, 0.2) is 41.8 Å². The number of hydrogen-bond donors (Lipinski definition) is 2. The van der Waals surface area contributed by atoms with Crippen molar-refractivity contribution in [3.05, 3.63) is 63.2 Å². The first-order chi connectivity index (χ1) is 12.8. The van der Waals surface area contributed by atoms with Gasteiger partial charge in [-0.3, -0.25) is 14.9 Å². The topological polar surface area (TPSA) is 71.1 Å². The van der Waals surface area contributed by atoms with Gasteiger partial charge in [-0.25, -0.2) is 9.37 Å². The van der Waals surface area contributed by atoms with E-state index in [1.165, 1.54) is 19.1 Å². The van der Waals surface area contributed by atoms with Gasteiger partial charge in [-0.05, 0) is 30.3 Å². The number of nitrogens with one attached hydrogen (secondary N) is 2. The van der Waals surface area contributed by atoms with Crippen LogP contribution in [0.2, 0.25) is 10.0 Å². The van der Waals surface area contributed by atoms with E-state index in [9.17, 15) is 14.0 Å². The molecule has 2 amide bonds. The Morgan fingerprint density at radius 2 is 1.93 bits per heavy atom. The molecule has 0 fully saturated rings. The van der Waals surface area contributed by atoms with E-state index in [1.807, 2.05) is 0 Å². The van der Waals surface area contributed by atoms with Crippen molar-refractivity contribution in [2.24, 2.45) is 0 Å². The van der Waals surface area contributed by atoms with Crippen LogP contribution in [0.4, 0.5) is 15.2 Å². The Labute approximate surface area is 168 Å². The number of nitrogens with zero attached hydrogens (tertiary/aromatic N) is 1. The van der Waals surface area contributed by atoms with Crippen LogP contribution in [0.5, 0.6) is 0 Å². The summed E-state index contributed by atoms with van der Waals surface area (Å²) < 4.78 is 14.3. The lowest BCUT2D eigenvalue weighted by atomic mass is 10.1. The molecule has 27 heavy (non-hydrogen) atoms.